The fraction of sp³-hybridized carbons (Fsp3) is 0.300. The van der Waals surface area contributed by atoms with Gasteiger partial charge in [-0.15, -0.1) is 0 Å². The Morgan fingerprint density at radius 3 is 3.00 bits per heavy atom. The van der Waals surface area contributed by atoms with Crippen LogP contribution in [0.5, 0.6) is 0 Å². The molecule has 1 aromatic heterocycles. The molecular weight excluding hydrogens is 230 g/mol. The lowest BCUT2D eigenvalue weighted by molar-refractivity contribution is 0.303. The Bertz CT molecular complexity index is 310. The van der Waals surface area contributed by atoms with E-state index < -0.39 is 0 Å². The van der Waals surface area contributed by atoms with Crippen molar-refractivity contribution in [3.8, 4) is 0 Å². The lowest BCUT2D eigenvalue weighted by Crippen LogP contribution is -1.84. The SMILES string of the molecule is Cc1cc(C=CCCO)ncc1Br. The molecule has 1 heterocycles. The minimum Gasteiger partial charge on any atom is -0.396 e. The number of hydrogen-bond donors (Lipinski definition) is 1. The molecule has 0 amide bonds. The van der Waals surface area contributed by atoms with Gasteiger partial charge in [0.1, 0.15) is 0 Å². The van der Waals surface area contributed by atoms with Gasteiger partial charge in [0.15, 0.2) is 0 Å². The average Bonchev–Trinajstić information content (AvgIpc) is 2.12. The van der Waals surface area contributed by atoms with E-state index in [1.54, 1.807) is 6.20 Å². The topological polar surface area (TPSA) is 33.1 Å². The molecule has 0 unspecified atom stereocenters. The molecule has 3 heteroatoms. The molecule has 0 aliphatic heterocycles. The number of aryl methyl sites for hydroxylation is 1. The maximum atomic E-state index is 8.56. The molecule has 13 heavy (non-hydrogen) atoms. The molecule has 1 N–H and O–H groups in total. The molecule has 70 valence electrons. The zero-order valence-corrected chi connectivity index (χ0v) is 9.08. The number of aromatic nitrogens is 1. The largest absolute Gasteiger partial charge is 0.396 e. The molecule has 1 aromatic rings. The molecule has 0 aromatic carbocycles. The first-order chi connectivity index (χ1) is 6.24. The standard InChI is InChI=1S/C10H12BrNO/c1-8-6-9(4-2-3-5-13)12-7-10(8)11/h2,4,6-7,13H,3,5H2,1H3. The molecule has 0 fully saturated rings. The predicted molar refractivity (Wildman–Crippen MR) is 57.4 cm³/mol. The van der Waals surface area contributed by atoms with Crippen LogP contribution >= 0.6 is 15.9 Å². The van der Waals surface area contributed by atoms with Crippen LogP contribution in [-0.2, 0) is 0 Å². The van der Waals surface area contributed by atoms with Crippen molar-refractivity contribution in [3.05, 3.63) is 34.1 Å². The van der Waals surface area contributed by atoms with E-state index in [4.69, 9.17) is 5.11 Å². The molecule has 1 rings (SSSR count). The van der Waals surface area contributed by atoms with Gasteiger partial charge in [-0.1, -0.05) is 6.08 Å². The Kier molecular flexibility index (Phi) is 4.12. The summed E-state index contributed by atoms with van der Waals surface area (Å²) < 4.78 is 1.02. The quantitative estimate of drug-likeness (QED) is 0.883. The molecular formula is C10H12BrNO. The van der Waals surface area contributed by atoms with Gasteiger partial charge < -0.3 is 5.11 Å². The number of rotatable bonds is 3. The van der Waals surface area contributed by atoms with Gasteiger partial charge in [-0.25, -0.2) is 0 Å². The maximum absolute atomic E-state index is 8.56. The Labute approximate surface area is 86.4 Å². The van der Waals surface area contributed by atoms with Crippen molar-refractivity contribution < 1.29 is 5.11 Å². The predicted octanol–water partition coefficient (Wildman–Crippen LogP) is 2.55. The van der Waals surface area contributed by atoms with E-state index in [0.29, 0.717) is 6.42 Å². The zero-order chi connectivity index (χ0) is 9.68. The van der Waals surface area contributed by atoms with Crippen LogP contribution in [0.25, 0.3) is 6.08 Å². The fourth-order valence-electron chi connectivity index (χ4n) is 0.931. The first-order valence-corrected chi connectivity index (χ1v) is 4.93. The van der Waals surface area contributed by atoms with Crippen molar-refractivity contribution in [1.82, 2.24) is 4.98 Å². The van der Waals surface area contributed by atoms with Crippen molar-refractivity contribution in [2.75, 3.05) is 6.61 Å². The maximum Gasteiger partial charge on any atom is 0.0629 e. The lowest BCUT2D eigenvalue weighted by Gasteiger charge is -1.98. The van der Waals surface area contributed by atoms with E-state index in [-0.39, 0.29) is 6.61 Å². The summed E-state index contributed by atoms with van der Waals surface area (Å²) >= 11 is 3.38. The molecule has 0 bridgehead atoms. The third kappa shape index (κ3) is 3.28. The van der Waals surface area contributed by atoms with Crippen LogP contribution in [0.3, 0.4) is 0 Å². The molecule has 0 saturated heterocycles. The van der Waals surface area contributed by atoms with Crippen LogP contribution in [0.2, 0.25) is 0 Å². The highest BCUT2D eigenvalue weighted by molar-refractivity contribution is 9.10. The number of pyridine rings is 1. The highest BCUT2D eigenvalue weighted by atomic mass is 79.9. The number of aliphatic hydroxyl groups is 1. The monoisotopic (exact) mass is 241 g/mol. The Balaban J connectivity index is 2.73. The van der Waals surface area contributed by atoms with E-state index in [0.717, 1.165) is 10.2 Å². The van der Waals surface area contributed by atoms with Crippen molar-refractivity contribution in [1.29, 1.82) is 0 Å². The second-order valence-corrected chi connectivity index (χ2v) is 3.63. The first-order valence-electron chi connectivity index (χ1n) is 4.13. The second-order valence-electron chi connectivity index (χ2n) is 2.77. The van der Waals surface area contributed by atoms with Crippen LogP contribution < -0.4 is 0 Å². The van der Waals surface area contributed by atoms with Crippen LogP contribution in [0.4, 0.5) is 0 Å². The van der Waals surface area contributed by atoms with Crippen molar-refractivity contribution in [2.45, 2.75) is 13.3 Å². The smallest absolute Gasteiger partial charge is 0.0629 e. The Morgan fingerprint density at radius 1 is 1.62 bits per heavy atom. The molecule has 0 aliphatic carbocycles. The van der Waals surface area contributed by atoms with Gasteiger partial charge >= 0.3 is 0 Å². The first kappa shape index (κ1) is 10.4. The minimum absolute atomic E-state index is 0.187. The summed E-state index contributed by atoms with van der Waals surface area (Å²) in [5.74, 6) is 0. The molecule has 0 spiro atoms. The van der Waals surface area contributed by atoms with Gasteiger partial charge in [-0.2, -0.15) is 0 Å². The Hall–Kier alpha value is -0.670. The molecule has 0 aliphatic rings. The third-order valence-corrected chi connectivity index (χ3v) is 2.48. The van der Waals surface area contributed by atoms with Gasteiger partial charge in [0.05, 0.1) is 5.69 Å². The van der Waals surface area contributed by atoms with Gasteiger partial charge in [-0.3, -0.25) is 4.98 Å². The van der Waals surface area contributed by atoms with Crippen LogP contribution in [0, 0.1) is 6.92 Å². The molecule has 0 atom stereocenters. The minimum atomic E-state index is 0.187. The molecule has 0 radical (unpaired) electrons. The zero-order valence-electron chi connectivity index (χ0n) is 7.50. The Morgan fingerprint density at radius 2 is 2.38 bits per heavy atom. The van der Waals surface area contributed by atoms with Crippen LogP contribution in [0.1, 0.15) is 17.7 Å². The summed E-state index contributed by atoms with van der Waals surface area (Å²) in [6.07, 6.45) is 6.29. The van der Waals surface area contributed by atoms with Crippen LogP contribution in [-0.4, -0.2) is 16.7 Å². The van der Waals surface area contributed by atoms with E-state index in [9.17, 15) is 0 Å². The second kappa shape index (κ2) is 5.14. The van der Waals surface area contributed by atoms with Gasteiger partial charge in [0.25, 0.3) is 0 Å². The fourth-order valence-corrected chi connectivity index (χ4v) is 1.15. The highest BCUT2D eigenvalue weighted by Gasteiger charge is 1.94. The summed E-state index contributed by atoms with van der Waals surface area (Å²) in [7, 11) is 0. The number of nitrogens with zero attached hydrogens (tertiary/aromatic N) is 1. The number of hydrogen-bond acceptors (Lipinski definition) is 2. The summed E-state index contributed by atoms with van der Waals surface area (Å²) in [6.45, 7) is 2.21. The number of aliphatic hydroxyl groups excluding tert-OH is 1. The molecule has 0 saturated carbocycles. The molecule has 2 nitrogen and oxygen atoms in total. The van der Waals surface area contributed by atoms with Gasteiger partial charge in [0, 0.05) is 17.3 Å². The third-order valence-electron chi connectivity index (χ3n) is 1.65. The van der Waals surface area contributed by atoms with Crippen molar-refractivity contribution in [3.63, 3.8) is 0 Å². The van der Waals surface area contributed by atoms with Crippen molar-refractivity contribution >= 4 is 22.0 Å². The van der Waals surface area contributed by atoms with E-state index in [1.807, 2.05) is 25.1 Å². The van der Waals surface area contributed by atoms with Crippen LogP contribution in [0.15, 0.2) is 22.8 Å². The summed E-state index contributed by atoms with van der Waals surface area (Å²) in [5, 5.41) is 8.56. The average molecular weight is 242 g/mol. The van der Waals surface area contributed by atoms with Gasteiger partial charge in [-0.05, 0) is 47.0 Å². The lowest BCUT2D eigenvalue weighted by atomic mass is 10.2. The summed E-state index contributed by atoms with van der Waals surface area (Å²) in [4.78, 5) is 4.20. The normalized spacial score (nSPS) is 11.0. The van der Waals surface area contributed by atoms with E-state index in [2.05, 4.69) is 20.9 Å². The number of halogens is 1. The van der Waals surface area contributed by atoms with E-state index in [1.165, 1.54) is 5.56 Å². The van der Waals surface area contributed by atoms with Crippen molar-refractivity contribution in [2.24, 2.45) is 0 Å². The van der Waals surface area contributed by atoms with E-state index >= 15 is 0 Å². The highest BCUT2D eigenvalue weighted by Crippen LogP contribution is 2.15. The van der Waals surface area contributed by atoms with Gasteiger partial charge in [0.2, 0.25) is 0 Å². The summed E-state index contributed by atoms with van der Waals surface area (Å²) in [5.41, 5.74) is 2.09. The summed E-state index contributed by atoms with van der Waals surface area (Å²) in [6, 6.07) is 2.00.